The Labute approximate surface area is 190 Å². The number of benzene rings is 3. The first kappa shape index (κ1) is 18.6. The molecule has 0 unspecified atom stereocenters. The van der Waals surface area contributed by atoms with Crippen LogP contribution in [0.1, 0.15) is 33.3 Å². The van der Waals surface area contributed by atoms with Crippen LogP contribution in [0, 0.1) is 10.4 Å². The Hall–Kier alpha value is -3.91. The van der Waals surface area contributed by atoms with Crippen molar-refractivity contribution in [2.75, 3.05) is 4.90 Å². The number of ether oxygens (including phenoxy) is 3. The van der Waals surface area contributed by atoms with E-state index in [1.54, 1.807) is 39.8 Å². The van der Waals surface area contributed by atoms with Gasteiger partial charge in [0.1, 0.15) is 28.1 Å². The Bertz CT molecular complexity index is 1370. The molecule has 166 valence electrons. The molecule has 0 atom stereocenters. The molecule has 0 aliphatic carbocycles. The fraction of sp³-hybridized carbons (Fsp3) is 0.240. The molecule has 4 aliphatic rings. The average molecular weight is 442 g/mol. The van der Waals surface area contributed by atoms with Crippen molar-refractivity contribution in [2.45, 2.75) is 38.8 Å². The average Bonchev–Trinajstić information content (AvgIpc) is 2.90. The van der Waals surface area contributed by atoms with Crippen LogP contribution in [0.25, 0.3) is 0 Å². The molecule has 7 rings (SSSR count). The minimum absolute atomic E-state index is 0.0392. The quantitative estimate of drug-likeness (QED) is 0.225. The fourth-order valence-electron chi connectivity index (χ4n) is 4.90. The molecule has 0 aromatic heterocycles. The van der Waals surface area contributed by atoms with E-state index in [1.807, 2.05) is 36.4 Å². The first-order valence-electron chi connectivity index (χ1n) is 10.8. The summed E-state index contributed by atoms with van der Waals surface area (Å²) in [6.07, 6.45) is 0. The molecule has 0 amide bonds. The highest BCUT2D eigenvalue weighted by Crippen LogP contribution is 2.66. The third kappa shape index (κ3) is 2.03. The Balaban J connectivity index is 1.50. The second kappa shape index (κ2) is 5.52. The summed E-state index contributed by atoms with van der Waals surface area (Å²) in [6.45, 7) is 7.10. The predicted octanol–water partition coefficient (Wildman–Crippen LogP) is 6.10. The first-order valence-corrected chi connectivity index (χ1v) is 10.8. The maximum absolute atomic E-state index is 13.3. The van der Waals surface area contributed by atoms with Crippen LogP contribution in [-0.2, 0) is 0 Å². The molecule has 8 nitrogen and oxygen atoms in total. The van der Waals surface area contributed by atoms with E-state index in [4.69, 9.17) is 14.2 Å². The number of nitrogens with zero attached hydrogens (tertiary/aromatic N) is 3. The summed E-state index contributed by atoms with van der Waals surface area (Å²) in [5, 5.41) is 27.4. The molecule has 33 heavy (non-hydrogen) atoms. The number of hydrogen-bond donors (Lipinski definition) is 0. The molecule has 4 heterocycles. The van der Waals surface area contributed by atoms with Crippen molar-refractivity contribution in [1.29, 1.82) is 0 Å². The van der Waals surface area contributed by atoms with Crippen molar-refractivity contribution in [3.8, 4) is 34.5 Å². The molecule has 0 fully saturated rings. The van der Waals surface area contributed by atoms with Gasteiger partial charge in [0.15, 0.2) is 34.5 Å². The summed E-state index contributed by atoms with van der Waals surface area (Å²) in [5.74, 6) is 3.67. The van der Waals surface area contributed by atoms with Crippen LogP contribution >= 0.6 is 0 Å². The van der Waals surface area contributed by atoms with Crippen LogP contribution in [0.2, 0.25) is 0 Å². The van der Waals surface area contributed by atoms with Gasteiger partial charge in [-0.25, -0.2) is 0 Å². The number of rotatable bonds is 1. The monoisotopic (exact) mass is 442 g/mol. The minimum atomic E-state index is -0.924. The van der Waals surface area contributed by atoms with Gasteiger partial charge in [0.05, 0.1) is 5.56 Å². The van der Waals surface area contributed by atoms with Crippen molar-refractivity contribution >= 4 is 22.9 Å². The van der Waals surface area contributed by atoms with E-state index in [9.17, 15) is 10.4 Å². The summed E-state index contributed by atoms with van der Waals surface area (Å²) in [5.41, 5.74) is 0.912. The highest BCUT2D eigenvalue weighted by molar-refractivity contribution is 6.03. The number of anilines is 3. The summed E-state index contributed by atoms with van der Waals surface area (Å²) in [6, 6.07) is 14.8. The third-order valence-electron chi connectivity index (χ3n) is 7.45. The lowest BCUT2D eigenvalue weighted by atomic mass is 9.84. The predicted molar refractivity (Wildman–Crippen MR) is 122 cm³/mol. The van der Waals surface area contributed by atoms with E-state index in [2.05, 4.69) is 4.90 Å². The van der Waals surface area contributed by atoms with Crippen LogP contribution in [-0.4, -0.2) is 26.7 Å². The number of hydroxylamine groups is 3. The van der Waals surface area contributed by atoms with Crippen LogP contribution in [0.5, 0.6) is 34.5 Å². The van der Waals surface area contributed by atoms with Crippen molar-refractivity contribution in [2.24, 2.45) is 0 Å². The Morgan fingerprint density at radius 3 is 1.58 bits per heavy atom. The molecule has 0 N–H and O–H groups in total. The van der Waals surface area contributed by atoms with Gasteiger partial charge in [-0.2, -0.15) is 0 Å². The molecule has 0 spiro atoms. The number of hydrogen-bond acceptors (Lipinski definition) is 7. The smallest absolute Gasteiger partial charge is 0.279 e. The van der Waals surface area contributed by atoms with Crippen molar-refractivity contribution in [3.05, 3.63) is 64.5 Å². The summed E-state index contributed by atoms with van der Waals surface area (Å²) in [7, 11) is 0. The molecule has 8 heteroatoms. The van der Waals surface area contributed by atoms with E-state index in [0.717, 1.165) is 21.2 Å². The van der Waals surface area contributed by atoms with Gasteiger partial charge in [-0.05, 0) is 64.1 Å². The van der Waals surface area contributed by atoms with Gasteiger partial charge < -0.3 is 24.6 Å². The van der Waals surface area contributed by atoms with Gasteiger partial charge in [-0.1, -0.05) is 12.1 Å². The molecule has 0 bridgehead atoms. The summed E-state index contributed by atoms with van der Waals surface area (Å²) < 4.78 is 19.5. The highest BCUT2D eigenvalue weighted by atomic mass is 16.5. The maximum Gasteiger partial charge on any atom is 0.279 e. The Kier molecular flexibility index (Phi) is 3.12. The standard InChI is InChI=1S/C25H20N3O5/c1-24(2)25(3,4)28(30)23(27(24)29)13-11-18-22-19(12-13)33-17-10-6-8-15-21(17)26(22)20-14(31-15)7-5-9-16(20)32-18/h5-12H,1-4H3/q-1. The van der Waals surface area contributed by atoms with Crippen LogP contribution in [0.3, 0.4) is 0 Å². The molecule has 3 aromatic carbocycles. The molecule has 4 aliphatic heterocycles. The van der Waals surface area contributed by atoms with Crippen LogP contribution < -0.4 is 19.1 Å². The topological polar surface area (TPSA) is 83.3 Å². The molecule has 3 aromatic rings. The van der Waals surface area contributed by atoms with Crippen molar-refractivity contribution in [3.63, 3.8) is 0 Å². The molecule has 0 saturated heterocycles. The van der Waals surface area contributed by atoms with Gasteiger partial charge in [0.25, 0.3) is 5.84 Å². The zero-order valence-corrected chi connectivity index (χ0v) is 18.5. The van der Waals surface area contributed by atoms with Crippen LogP contribution in [0.4, 0.5) is 17.1 Å². The molecule has 0 saturated carbocycles. The molecular weight excluding hydrogens is 422 g/mol. The molecular formula is C25H20N3O5-. The Morgan fingerprint density at radius 2 is 1.15 bits per heavy atom. The highest BCUT2D eigenvalue weighted by Gasteiger charge is 2.55. The third-order valence-corrected chi connectivity index (χ3v) is 7.45. The van der Waals surface area contributed by atoms with Gasteiger partial charge in [-0.15, -0.1) is 0 Å². The lowest BCUT2D eigenvalue weighted by molar-refractivity contribution is -0.539. The number of amidine groups is 1. The van der Waals surface area contributed by atoms with Gasteiger partial charge in [0.2, 0.25) is 0 Å². The van der Waals surface area contributed by atoms with E-state index >= 15 is 0 Å². The number of para-hydroxylation sites is 2. The van der Waals surface area contributed by atoms with Crippen LogP contribution in [0.15, 0.2) is 48.5 Å². The Morgan fingerprint density at radius 1 is 0.727 bits per heavy atom. The van der Waals surface area contributed by atoms with Gasteiger partial charge in [-0.3, -0.25) is 14.7 Å². The SMILES string of the molecule is CC1(C)N([O-])C(c2cc3c4c(c2)Oc2cccc5c2N4c2c(cccc2O3)O5)=[N+]([O-])C1(C)C. The van der Waals surface area contributed by atoms with E-state index in [1.165, 1.54) is 0 Å². The summed E-state index contributed by atoms with van der Waals surface area (Å²) in [4.78, 5) is 2.08. The second-order valence-electron chi connectivity index (χ2n) is 9.70. The largest absolute Gasteiger partial charge is 0.715 e. The van der Waals surface area contributed by atoms with Gasteiger partial charge in [0, 0.05) is 0 Å². The second-order valence-corrected chi connectivity index (χ2v) is 9.70. The zero-order valence-electron chi connectivity index (χ0n) is 18.5. The molecule has 0 radical (unpaired) electrons. The van der Waals surface area contributed by atoms with E-state index in [0.29, 0.717) is 45.7 Å². The lowest BCUT2D eigenvalue weighted by Gasteiger charge is -2.41. The van der Waals surface area contributed by atoms with Crippen molar-refractivity contribution in [1.82, 2.24) is 5.06 Å². The first-order chi connectivity index (χ1) is 15.7. The maximum atomic E-state index is 13.3. The fourth-order valence-corrected chi connectivity index (χ4v) is 4.90. The van der Waals surface area contributed by atoms with Crippen molar-refractivity contribution < 1.29 is 18.9 Å². The zero-order chi connectivity index (χ0) is 22.9. The summed E-state index contributed by atoms with van der Waals surface area (Å²) >= 11 is 0. The van der Waals surface area contributed by atoms with E-state index < -0.39 is 11.1 Å². The lowest BCUT2D eigenvalue weighted by Crippen LogP contribution is -2.52. The van der Waals surface area contributed by atoms with Gasteiger partial charge >= 0.3 is 0 Å². The minimum Gasteiger partial charge on any atom is -0.715 e. The van der Waals surface area contributed by atoms with E-state index in [-0.39, 0.29) is 5.84 Å². The normalized spacial score (nSPS) is 19.5.